The van der Waals surface area contributed by atoms with Gasteiger partial charge in [-0.25, -0.2) is 4.99 Å². The summed E-state index contributed by atoms with van der Waals surface area (Å²) < 4.78 is 7.41. The second-order valence-electron chi connectivity index (χ2n) is 6.04. The van der Waals surface area contributed by atoms with Crippen LogP contribution >= 0.6 is 0 Å². The van der Waals surface area contributed by atoms with Crippen molar-refractivity contribution in [2.45, 2.75) is 45.8 Å². The standard InChI is InChI=1S/C18H26N6O/c1-3-19-18(20-12-14-7-9-15(25-2)10-8-14)21-13-17-23-22-16-6-4-5-11-24(16)17/h7-10H,3-6,11-13H2,1-2H3,(H2,19,20,21). The number of fused-ring (bicyclic) bond motifs is 1. The van der Waals surface area contributed by atoms with Crippen LogP contribution < -0.4 is 15.4 Å². The first-order valence-corrected chi connectivity index (χ1v) is 8.86. The fourth-order valence-electron chi connectivity index (χ4n) is 2.91. The molecule has 134 valence electrons. The van der Waals surface area contributed by atoms with Crippen molar-refractivity contribution in [1.29, 1.82) is 0 Å². The van der Waals surface area contributed by atoms with Crippen molar-refractivity contribution in [3.63, 3.8) is 0 Å². The van der Waals surface area contributed by atoms with Crippen LogP contribution in [0.3, 0.4) is 0 Å². The summed E-state index contributed by atoms with van der Waals surface area (Å²) in [7, 11) is 1.67. The van der Waals surface area contributed by atoms with Crippen LogP contribution in [0.2, 0.25) is 0 Å². The molecular weight excluding hydrogens is 316 g/mol. The molecule has 0 fully saturated rings. The molecule has 0 unspecified atom stereocenters. The Bertz CT molecular complexity index is 707. The average Bonchev–Trinajstić information content (AvgIpc) is 3.07. The fraction of sp³-hybridized carbons (Fsp3) is 0.500. The molecule has 0 aliphatic carbocycles. The molecule has 1 aromatic heterocycles. The molecule has 1 aromatic carbocycles. The lowest BCUT2D eigenvalue weighted by atomic mass is 10.2. The molecular formula is C18H26N6O. The van der Waals surface area contributed by atoms with Crippen LogP contribution in [0.25, 0.3) is 0 Å². The van der Waals surface area contributed by atoms with Gasteiger partial charge in [-0.2, -0.15) is 0 Å². The first kappa shape index (κ1) is 17.3. The summed E-state index contributed by atoms with van der Waals surface area (Å²) in [5.41, 5.74) is 1.14. The highest BCUT2D eigenvalue weighted by Crippen LogP contribution is 2.14. The van der Waals surface area contributed by atoms with E-state index in [1.54, 1.807) is 7.11 Å². The number of methoxy groups -OCH3 is 1. The third-order valence-corrected chi connectivity index (χ3v) is 4.27. The van der Waals surface area contributed by atoms with E-state index in [9.17, 15) is 0 Å². The van der Waals surface area contributed by atoms with Gasteiger partial charge < -0.3 is 19.9 Å². The number of benzene rings is 1. The monoisotopic (exact) mass is 342 g/mol. The average molecular weight is 342 g/mol. The summed E-state index contributed by atoms with van der Waals surface area (Å²) in [4.78, 5) is 4.65. The van der Waals surface area contributed by atoms with Gasteiger partial charge in [0.15, 0.2) is 11.8 Å². The Hall–Kier alpha value is -2.57. The number of aliphatic imine (C=N–C) groups is 1. The normalized spacial score (nSPS) is 14.1. The van der Waals surface area contributed by atoms with Gasteiger partial charge in [0.25, 0.3) is 0 Å². The second-order valence-corrected chi connectivity index (χ2v) is 6.04. The molecule has 0 atom stereocenters. The molecule has 2 aromatic rings. The molecule has 0 bridgehead atoms. The summed E-state index contributed by atoms with van der Waals surface area (Å²) in [5.74, 6) is 3.72. The molecule has 2 N–H and O–H groups in total. The predicted molar refractivity (Wildman–Crippen MR) is 97.6 cm³/mol. The molecule has 1 aliphatic heterocycles. The van der Waals surface area contributed by atoms with Gasteiger partial charge in [0, 0.05) is 19.5 Å². The zero-order valence-electron chi connectivity index (χ0n) is 15.0. The SMILES string of the molecule is CCNC(=NCc1ccc(OC)cc1)NCc1nnc2n1CCCC2. The summed E-state index contributed by atoms with van der Waals surface area (Å²) in [5, 5.41) is 15.2. The first-order valence-electron chi connectivity index (χ1n) is 8.86. The zero-order valence-corrected chi connectivity index (χ0v) is 15.0. The zero-order chi connectivity index (χ0) is 17.5. The van der Waals surface area contributed by atoms with Crippen molar-refractivity contribution in [2.24, 2.45) is 4.99 Å². The van der Waals surface area contributed by atoms with E-state index in [0.29, 0.717) is 13.1 Å². The highest BCUT2D eigenvalue weighted by molar-refractivity contribution is 5.79. The van der Waals surface area contributed by atoms with Crippen LogP contribution in [0.4, 0.5) is 0 Å². The van der Waals surface area contributed by atoms with Gasteiger partial charge in [0.05, 0.1) is 20.2 Å². The number of nitrogens with zero attached hydrogens (tertiary/aromatic N) is 4. The molecule has 2 heterocycles. The highest BCUT2D eigenvalue weighted by atomic mass is 16.5. The van der Waals surface area contributed by atoms with Crippen LogP contribution in [-0.2, 0) is 26.1 Å². The molecule has 1 aliphatic rings. The minimum absolute atomic E-state index is 0.608. The van der Waals surface area contributed by atoms with Gasteiger partial charge in [-0.3, -0.25) is 0 Å². The molecule has 25 heavy (non-hydrogen) atoms. The Kier molecular flexibility index (Phi) is 5.87. The summed E-state index contributed by atoms with van der Waals surface area (Å²) in [6, 6.07) is 7.96. The maximum absolute atomic E-state index is 5.18. The van der Waals surface area contributed by atoms with Gasteiger partial charge in [0.1, 0.15) is 11.6 Å². The van der Waals surface area contributed by atoms with Crippen molar-refractivity contribution >= 4 is 5.96 Å². The number of ether oxygens (including phenoxy) is 1. The van der Waals surface area contributed by atoms with E-state index in [4.69, 9.17) is 4.74 Å². The van der Waals surface area contributed by atoms with Crippen LogP contribution in [0.1, 0.15) is 37.0 Å². The molecule has 0 spiro atoms. The maximum Gasteiger partial charge on any atom is 0.191 e. The molecule has 0 amide bonds. The number of aryl methyl sites for hydroxylation is 1. The number of aromatic nitrogens is 3. The van der Waals surface area contributed by atoms with E-state index in [-0.39, 0.29) is 0 Å². The largest absolute Gasteiger partial charge is 0.497 e. The van der Waals surface area contributed by atoms with Crippen molar-refractivity contribution in [1.82, 2.24) is 25.4 Å². The van der Waals surface area contributed by atoms with Crippen molar-refractivity contribution < 1.29 is 4.74 Å². The Morgan fingerprint density at radius 1 is 1.20 bits per heavy atom. The minimum atomic E-state index is 0.608. The topological polar surface area (TPSA) is 76.4 Å². The van der Waals surface area contributed by atoms with Gasteiger partial charge in [-0.1, -0.05) is 12.1 Å². The van der Waals surface area contributed by atoms with Crippen LogP contribution in [0, 0.1) is 0 Å². The molecule has 7 nitrogen and oxygen atoms in total. The van der Waals surface area contributed by atoms with Crippen LogP contribution in [0.15, 0.2) is 29.3 Å². The lowest BCUT2D eigenvalue weighted by molar-refractivity contribution is 0.414. The summed E-state index contributed by atoms with van der Waals surface area (Å²) in [6.07, 6.45) is 3.43. The minimum Gasteiger partial charge on any atom is -0.497 e. The van der Waals surface area contributed by atoms with Gasteiger partial charge in [-0.15, -0.1) is 10.2 Å². The highest BCUT2D eigenvalue weighted by Gasteiger charge is 2.15. The Morgan fingerprint density at radius 3 is 2.80 bits per heavy atom. The van der Waals surface area contributed by atoms with Crippen molar-refractivity contribution in [3.05, 3.63) is 41.5 Å². The summed E-state index contributed by atoms with van der Waals surface area (Å²) >= 11 is 0. The van der Waals surface area contributed by atoms with E-state index in [0.717, 1.165) is 48.4 Å². The van der Waals surface area contributed by atoms with E-state index in [1.807, 2.05) is 24.3 Å². The van der Waals surface area contributed by atoms with Crippen LogP contribution in [0.5, 0.6) is 5.75 Å². The third kappa shape index (κ3) is 4.49. The molecule has 3 rings (SSSR count). The number of rotatable bonds is 6. The second kappa shape index (κ2) is 8.50. The van der Waals surface area contributed by atoms with Crippen molar-refractivity contribution in [3.8, 4) is 5.75 Å². The van der Waals surface area contributed by atoms with Crippen molar-refractivity contribution in [2.75, 3.05) is 13.7 Å². The van der Waals surface area contributed by atoms with Crippen LogP contribution in [-0.4, -0.2) is 34.4 Å². The number of hydrogen-bond acceptors (Lipinski definition) is 4. The predicted octanol–water partition coefficient (Wildman–Crippen LogP) is 1.88. The lowest BCUT2D eigenvalue weighted by Crippen LogP contribution is -2.37. The number of guanidine groups is 1. The van der Waals surface area contributed by atoms with Gasteiger partial charge >= 0.3 is 0 Å². The number of hydrogen-bond donors (Lipinski definition) is 2. The molecule has 0 saturated carbocycles. The Balaban J connectivity index is 1.61. The maximum atomic E-state index is 5.18. The third-order valence-electron chi connectivity index (χ3n) is 4.27. The molecule has 7 heteroatoms. The lowest BCUT2D eigenvalue weighted by Gasteiger charge is -2.16. The molecule has 0 saturated heterocycles. The first-order chi connectivity index (χ1) is 12.3. The van der Waals surface area contributed by atoms with E-state index in [1.165, 1.54) is 12.8 Å². The Labute approximate surface area is 148 Å². The van der Waals surface area contributed by atoms with E-state index < -0.39 is 0 Å². The Morgan fingerprint density at radius 2 is 2.04 bits per heavy atom. The fourth-order valence-corrected chi connectivity index (χ4v) is 2.91. The molecule has 0 radical (unpaired) electrons. The van der Waals surface area contributed by atoms with Gasteiger partial charge in [-0.05, 0) is 37.5 Å². The van der Waals surface area contributed by atoms with E-state index in [2.05, 4.69) is 37.3 Å². The van der Waals surface area contributed by atoms with Gasteiger partial charge in [0.2, 0.25) is 0 Å². The number of nitrogens with one attached hydrogen (secondary N) is 2. The van der Waals surface area contributed by atoms with E-state index >= 15 is 0 Å². The quantitative estimate of drug-likeness (QED) is 0.619. The summed E-state index contributed by atoms with van der Waals surface area (Å²) in [6.45, 7) is 5.12. The smallest absolute Gasteiger partial charge is 0.191 e.